The number of rotatable bonds is 2. The molecule has 3 nitrogen and oxygen atoms in total. The molecule has 88 valence electrons. The predicted octanol–water partition coefficient (Wildman–Crippen LogP) is 2.18. The number of aliphatic hydroxyl groups is 1. The van der Waals surface area contributed by atoms with E-state index in [1.165, 1.54) is 11.8 Å². The van der Waals surface area contributed by atoms with Gasteiger partial charge in [-0.15, -0.1) is 0 Å². The van der Waals surface area contributed by atoms with E-state index in [0.29, 0.717) is 0 Å². The number of piperidine rings is 1. The first-order chi connectivity index (χ1) is 8.29. The fourth-order valence-electron chi connectivity index (χ4n) is 2.05. The van der Waals surface area contributed by atoms with Gasteiger partial charge in [0.1, 0.15) is 0 Å². The number of anilines is 1. The maximum absolute atomic E-state index is 9.45. The van der Waals surface area contributed by atoms with Crippen molar-refractivity contribution in [3.63, 3.8) is 0 Å². The molecule has 1 aliphatic heterocycles. The molecular weight excluding hydrogens is 212 g/mol. The van der Waals surface area contributed by atoms with Crippen LogP contribution in [0, 0.1) is 11.3 Å². The van der Waals surface area contributed by atoms with Crippen LogP contribution in [0.15, 0.2) is 30.3 Å². The van der Waals surface area contributed by atoms with E-state index >= 15 is 0 Å². The van der Waals surface area contributed by atoms with E-state index < -0.39 is 0 Å². The number of benzene rings is 1. The zero-order chi connectivity index (χ0) is 12.1. The van der Waals surface area contributed by atoms with E-state index in [4.69, 9.17) is 5.26 Å². The first-order valence-electron chi connectivity index (χ1n) is 5.89. The van der Waals surface area contributed by atoms with Gasteiger partial charge < -0.3 is 10.0 Å². The van der Waals surface area contributed by atoms with Gasteiger partial charge >= 0.3 is 0 Å². The van der Waals surface area contributed by atoms with Gasteiger partial charge in [0.05, 0.1) is 12.2 Å². The highest BCUT2D eigenvalue weighted by molar-refractivity contribution is 5.57. The second-order valence-corrected chi connectivity index (χ2v) is 4.27. The van der Waals surface area contributed by atoms with E-state index in [1.807, 2.05) is 18.2 Å². The van der Waals surface area contributed by atoms with Gasteiger partial charge in [-0.1, -0.05) is 12.1 Å². The van der Waals surface area contributed by atoms with Crippen LogP contribution in [0.1, 0.15) is 18.4 Å². The van der Waals surface area contributed by atoms with Gasteiger partial charge in [-0.3, -0.25) is 0 Å². The van der Waals surface area contributed by atoms with E-state index in [9.17, 15) is 5.11 Å². The Bertz CT molecular complexity index is 423. The Morgan fingerprint density at radius 2 is 1.88 bits per heavy atom. The van der Waals surface area contributed by atoms with Crippen LogP contribution in [0.25, 0.3) is 6.08 Å². The monoisotopic (exact) mass is 228 g/mol. The molecule has 0 amide bonds. The molecule has 3 heteroatoms. The number of hydrogen-bond acceptors (Lipinski definition) is 3. The van der Waals surface area contributed by atoms with Crippen LogP contribution in [0.3, 0.4) is 0 Å². The highest BCUT2D eigenvalue weighted by Crippen LogP contribution is 2.20. The van der Waals surface area contributed by atoms with Gasteiger partial charge in [-0.05, 0) is 36.6 Å². The number of nitriles is 1. The Balaban J connectivity index is 2.03. The van der Waals surface area contributed by atoms with Crippen molar-refractivity contribution < 1.29 is 5.11 Å². The van der Waals surface area contributed by atoms with Crippen molar-refractivity contribution in [1.82, 2.24) is 0 Å². The Morgan fingerprint density at radius 1 is 1.24 bits per heavy atom. The van der Waals surface area contributed by atoms with Crippen LogP contribution in [0.5, 0.6) is 0 Å². The third-order valence-corrected chi connectivity index (χ3v) is 3.07. The summed E-state index contributed by atoms with van der Waals surface area (Å²) in [6.07, 6.45) is 4.83. The summed E-state index contributed by atoms with van der Waals surface area (Å²) < 4.78 is 0. The van der Waals surface area contributed by atoms with E-state index in [-0.39, 0.29) is 6.10 Å². The van der Waals surface area contributed by atoms with Gasteiger partial charge in [0.25, 0.3) is 0 Å². The molecule has 0 atom stereocenters. The first kappa shape index (κ1) is 11.7. The van der Waals surface area contributed by atoms with Crippen LogP contribution in [-0.2, 0) is 0 Å². The quantitative estimate of drug-likeness (QED) is 0.789. The van der Waals surface area contributed by atoms with Crippen molar-refractivity contribution in [2.45, 2.75) is 18.9 Å². The molecule has 2 rings (SSSR count). The lowest BCUT2D eigenvalue weighted by Crippen LogP contribution is -2.35. The molecule has 0 unspecified atom stereocenters. The van der Waals surface area contributed by atoms with Gasteiger partial charge in [0.15, 0.2) is 0 Å². The molecule has 17 heavy (non-hydrogen) atoms. The summed E-state index contributed by atoms with van der Waals surface area (Å²) in [4.78, 5) is 2.28. The predicted molar refractivity (Wildman–Crippen MR) is 68.5 cm³/mol. The lowest BCUT2D eigenvalue weighted by atomic mass is 10.1. The molecule has 1 aliphatic rings. The first-order valence-corrected chi connectivity index (χ1v) is 5.89. The van der Waals surface area contributed by atoms with Gasteiger partial charge in [0.2, 0.25) is 0 Å². The molecule has 0 spiro atoms. The smallest absolute Gasteiger partial charge is 0.0912 e. The van der Waals surface area contributed by atoms with Crippen molar-refractivity contribution in [3.8, 4) is 6.07 Å². The molecule has 1 aromatic rings. The van der Waals surface area contributed by atoms with Crippen molar-refractivity contribution in [2.75, 3.05) is 18.0 Å². The number of allylic oxidation sites excluding steroid dienone is 1. The number of hydrogen-bond donors (Lipinski definition) is 1. The van der Waals surface area contributed by atoms with Gasteiger partial charge in [-0.2, -0.15) is 5.26 Å². The largest absolute Gasteiger partial charge is 0.393 e. The zero-order valence-electron chi connectivity index (χ0n) is 9.71. The second kappa shape index (κ2) is 5.51. The Kier molecular flexibility index (Phi) is 3.79. The lowest BCUT2D eigenvalue weighted by Gasteiger charge is -2.31. The molecule has 0 radical (unpaired) electrons. The van der Waals surface area contributed by atoms with Crippen LogP contribution >= 0.6 is 0 Å². The second-order valence-electron chi connectivity index (χ2n) is 4.27. The third-order valence-electron chi connectivity index (χ3n) is 3.07. The molecule has 1 N–H and O–H groups in total. The van der Waals surface area contributed by atoms with Crippen LogP contribution in [0.4, 0.5) is 5.69 Å². The minimum atomic E-state index is -0.135. The van der Waals surface area contributed by atoms with Crippen molar-refractivity contribution in [3.05, 3.63) is 35.9 Å². The number of nitrogens with zero attached hydrogens (tertiary/aromatic N) is 2. The van der Waals surface area contributed by atoms with Crippen LogP contribution in [-0.4, -0.2) is 24.3 Å². The SMILES string of the molecule is N#CC=Cc1ccc(N2CCC(O)CC2)cc1. The highest BCUT2D eigenvalue weighted by Gasteiger charge is 2.16. The average Bonchev–Trinajstić information content (AvgIpc) is 2.38. The summed E-state index contributed by atoms with van der Waals surface area (Å²) >= 11 is 0. The summed E-state index contributed by atoms with van der Waals surface area (Å²) in [6.45, 7) is 1.82. The molecule has 1 aromatic carbocycles. The van der Waals surface area contributed by atoms with E-state index in [1.54, 1.807) is 6.08 Å². The summed E-state index contributed by atoms with van der Waals surface area (Å²) in [5.41, 5.74) is 2.22. The maximum Gasteiger partial charge on any atom is 0.0912 e. The molecule has 0 saturated carbocycles. The van der Waals surface area contributed by atoms with E-state index in [2.05, 4.69) is 17.0 Å². The molecule has 1 heterocycles. The van der Waals surface area contributed by atoms with Crippen molar-refractivity contribution in [2.24, 2.45) is 0 Å². The molecular formula is C14H16N2O. The van der Waals surface area contributed by atoms with Gasteiger partial charge in [0, 0.05) is 24.9 Å². The van der Waals surface area contributed by atoms with Crippen LogP contribution in [0.2, 0.25) is 0 Å². The fraction of sp³-hybridized carbons (Fsp3) is 0.357. The molecule has 1 fully saturated rings. The zero-order valence-corrected chi connectivity index (χ0v) is 9.71. The summed E-state index contributed by atoms with van der Waals surface area (Å²) in [6, 6.07) is 10.1. The Hall–Kier alpha value is -1.79. The highest BCUT2D eigenvalue weighted by atomic mass is 16.3. The topological polar surface area (TPSA) is 47.3 Å². The minimum absolute atomic E-state index is 0.135. The average molecular weight is 228 g/mol. The number of aliphatic hydroxyl groups excluding tert-OH is 1. The standard InChI is InChI=1S/C14H16N2O/c15-9-1-2-12-3-5-13(6-4-12)16-10-7-14(17)8-11-16/h1-6,14,17H,7-8,10-11H2. The van der Waals surface area contributed by atoms with Crippen LogP contribution < -0.4 is 4.90 Å². The Labute approximate surface area is 102 Å². The summed E-state index contributed by atoms with van der Waals surface area (Å²) in [7, 11) is 0. The lowest BCUT2D eigenvalue weighted by molar-refractivity contribution is 0.145. The Morgan fingerprint density at radius 3 is 2.47 bits per heavy atom. The molecule has 1 saturated heterocycles. The summed E-state index contributed by atoms with van der Waals surface area (Å²) in [5.74, 6) is 0. The minimum Gasteiger partial charge on any atom is -0.393 e. The molecule has 0 aliphatic carbocycles. The normalized spacial score (nSPS) is 17.3. The van der Waals surface area contributed by atoms with Crippen molar-refractivity contribution >= 4 is 11.8 Å². The summed E-state index contributed by atoms with van der Waals surface area (Å²) in [5, 5.41) is 17.9. The van der Waals surface area contributed by atoms with Gasteiger partial charge in [-0.25, -0.2) is 0 Å². The third kappa shape index (κ3) is 3.08. The fourth-order valence-corrected chi connectivity index (χ4v) is 2.05. The maximum atomic E-state index is 9.45. The molecule has 0 aromatic heterocycles. The van der Waals surface area contributed by atoms with Crippen molar-refractivity contribution in [1.29, 1.82) is 5.26 Å². The molecule has 0 bridgehead atoms. The van der Waals surface area contributed by atoms with E-state index in [0.717, 1.165) is 31.5 Å².